The van der Waals surface area contributed by atoms with Gasteiger partial charge in [0.05, 0.1) is 0 Å². The van der Waals surface area contributed by atoms with E-state index in [9.17, 15) is 9.59 Å². The van der Waals surface area contributed by atoms with Crippen LogP contribution >= 0.6 is 47.0 Å². The van der Waals surface area contributed by atoms with Crippen LogP contribution in [0.15, 0.2) is 0 Å². The van der Waals surface area contributed by atoms with Crippen LogP contribution in [-0.4, -0.2) is 43.7 Å². The van der Waals surface area contributed by atoms with Crippen LogP contribution in [-0.2, 0) is 9.59 Å². The normalized spacial score (nSPS) is 26.5. The van der Waals surface area contributed by atoms with Gasteiger partial charge in [0.25, 0.3) is 0 Å². The third-order valence-electron chi connectivity index (χ3n) is 2.20. The maximum absolute atomic E-state index is 11.4. The molecule has 0 N–H and O–H groups in total. The van der Waals surface area contributed by atoms with Gasteiger partial charge in [-0.3, -0.25) is 9.59 Å². The van der Waals surface area contributed by atoms with Gasteiger partial charge in [-0.25, -0.2) is 0 Å². The average molecular weight is 294 g/mol. The molecule has 2 fully saturated rings. The van der Waals surface area contributed by atoms with Crippen LogP contribution in [0.4, 0.5) is 0 Å². The molecule has 2 nitrogen and oxygen atoms in total. The minimum atomic E-state index is 0.183. The standard InChI is InChI=1S/C10H14O2S4/c11-9(15-5-7-3-13-7)1-2-10(12)16-6-8-4-14-8/h7-8H,1-6H2. The third-order valence-corrected chi connectivity index (χ3v) is 6.75. The van der Waals surface area contributed by atoms with Crippen LogP contribution < -0.4 is 0 Å². The Labute approximate surface area is 113 Å². The summed E-state index contributed by atoms with van der Waals surface area (Å²) in [5, 5.41) is 1.77. The lowest BCUT2D eigenvalue weighted by Gasteiger charge is -1.99. The highest BCUT2D eigenvalue weighted by Gasteiger charge is 2.24. The van der Waals surface area contributed by atoms with Crippen LogP contribution in [0.1, 0.15) is 12.8 Å². The minimum absolute atomic E-state index is 0.183. The molecule has 2 atom stereocenters. The smallest absolute Gasteiger partial charge is 0.189 e. The van der Waals surface area contributed by atoms with Crippen LogP contribution in [0, 0.1) is 0 Å². The largest absolute Gasteiger partial charge is 0.287 e. The Morgan fingerprint density at radius 3 is 1.62 bits per heavy atom. The first-order chi connectivity index (χ1) is 7.74. The molecular weight excluding hydrogens is 280 g/mol. The molecule has 0 aromatic rings. The highest BCUT2D eigenvalue weighted by Crippen LogP contribution is 2.34. The van der Waals surface area contributed by atoms with Crippen molar-refractivity contribution in [3.05, 3.63) is 0 Å². The Balaban J connectivity index is 1.47. The van der Waals surface area contributed by atoms with Crippen molar-refractivity contribution in [2.24, 2.45) is 0 Å². The first-order valence-electron chi connectivity index (χ1n) is 5.28. The minimum Gasteiger partial charge on any atom is -0.287 e. The number of thioether (sulfide) groups is 4. The van der Waals surface area contributed by atoms with Crippen molar-refractivity contribution >= 4 is 57.3 Å². The van der Waals surface area contributed by atoms with Gasteiger partial charge in [-0.15, -0.1) is 0 Å². The van der Waals surface area contributed by atoms with Gasteiger partial charge in [0, 0.05) is 46.4 Å². The van der Waals surface area contributed by atoms with E-state index in [1.54, 1.807) is 0 Å². The van der Waals surface area contributed by atoms with Gasteiger partial charge in [-0.2, -0.15) is 23.5 Å². The van der Waals surface area contributed by atoms with Gasteiger partial charge in [0.2, 0.25) is 0 Å². The zero-order chi connectivity index (χ0) is 11.4. The van der Waals surface area contributed by atoms with Crippen molar-refractivity contribution in [1.29, 1.82) is 0 Å². The summed E-state index contributed by atoms with van der Waals surface area (Å²) in [6.07, 6.45) is 0.845. The van der Waals surface area contributed by atoms with Gasteiger partial charge >= 0.3 is 0 Å². The van der Waals surface area contributed by atoms with Crippen LogP contribution in [0.25, 0.3) is 0 Å². The fourth-order valence-electron chi connectivity index (χ4n) is 1.05. The molecule has 2 unspecified atom stereocenters. The SMILES string of the molecule is O=C(CCC(=O)SCC1CS1)SCC1CS1. The second-order valence-corrected chi connectivity index (χ2v) is 8.60. The Kier molecular flexibility index (Phi) is 5.45. The van der Waals surface area contributed by atoms with E-state index in [-0.39, 0.29) is 10.2 Å². The lowest BCUT2D eigenvalue weighted by atomic mass is 10.4. The highest BCUT2D eigenvalue weighted by atomic mass is 32.2. The molecule has 0 aromatic carbocycles. The molecule has 2 aliphatic heterocycles. The maximum atomic E-state index is 11.4. The molecule has 0 saturated carbocycles. The van der Waals surface area contributed by atoms with E-state index in [2.05, 4.69) is 0 Å². The molecule has 2 saturated heterocycles. The molecule has 6 heteroatoms. The highest BCUT2D eigenvalue weighted by molar-refractivity contribution is 8.16. The van der Waals surface area contributed by atoms with Crippen LogP contribution in [0.5, 0.6) is 0 Å². The predicted molar refractivity (Wildman–Crippen MR) is 76.7 cm³/mol. The summed E-state index contributed by atoms with van der Waals surface area (Å²) in [4.78, 5) is 22.8. The number of hydrogen-bond acceptors (Lipinski definition) is 6. The molecule has 0 aliphatic carbocycles. The predicted octanol–water partition coefficient (Wildman–Crippen LogP) is 2.52. The summed E-state index contributed by atoms with van der Waals surface area (Å²) < 4.78 is 0. The first kappa shape index (κ1) is 13.2. The van der Waals surface area contributed by atoms with E-state index >= 15 is 0 Å². The van der Waals surface area contributed by atoms with Crippen molar-refractivity contribution in [1.82, 2.24) is 0 Å². The Hall–Kier alpha value is 0.740. The van der Waals surface area contributed by atoms with Crippen molar-refractivity contribution in [2.45, 2.75) is 23.3 Å². The molecule has 0 aromatic heterocycles. The van der Waals surface area contributed by atoms with Gasteiger partial charge in [0.1, 0.15) is 0 Å². The molecule has 0 spiro atoms. The van der Waals surface area contributed by atoms with Crippen molar-refractivity contribution in [3.63, 3.8) is 0 Å². The fraction of sp³-hybridized carbons (Fsp3) is 0.800. The van der Waals surface area contributed by atoms with Crippen molar-refractivity contribution < 1.29 is 9.59 Å². The van der Waals surface area contributed by atoms with E-state index in [0.29, 0.717) is 23.3 Å². The van der Waals surface area contributed by atoms with Crippen molar-refractivity contribution in [3.8, 4) is 0 Å². The summed E-state index contributed by atoms with van der Waals surface area (Å²) in [5.74, 6) is 4.27. The molecular formula is C10H14O2S4. The quantitative estimate of drug-likeness (QED) is 0.671. The van der Waals surface area contributed by atoms with Crippen LogP contribution in [0.2, 0.25) is 0 Å². The summed E-state index contributed by atoms with van der Waals surface area (Å²) >= 11 is 6.61. The average Bonchev–Trinajstić information content (AvgIpc) is 3.15. The number of carbonyl (C=O) groups is 2. The maximum Gasteiger partial charge on any atom is 0.189 e. The van der Waals surface area contributed by atoms with Gasteiger partial charge in [0.15, 0.2) is 10.2 Å². The molecule has 16 heavy (non-hydrogen) atoms. The fourth-order valence-corrected chi connectivity index (χ4v) is 4.51. The van der Waals surface area contributed by atoms with Crippen LogP contribution in [0.3, 0.4) is 0 Å². The summed E-state index contributed by atoms with van der Waals surface area (Å²) in [6, 6.07) is 0. The summed E-state index contributed by atoms with van der Waals surface area (Å²) in [5.41, 5.74) is 0. The first-order valence-corrected chi connectivity index (χ1v) is 9.35. The molecule has 0 radical (unpaired) electrons. The second-order valence-electron chi connectivity index (χ2n) is 3.78. The molecule has 0 amide bonds. The van der Waals surface area contributed by atoms with Gasteiger partial charge in [-0.05, 0) is 0 Å². The molecule has 2 heterocycles. The lowest BCUT2D eigenvalue weighted by Crippen LogP contribution is -2.02. The third kappa shape index (κ3) is 5.89. The summed E-state index contributed by atoms with van der Waals surface area (Å²) in [6.45, 7) is 0. The Morgan fingerprint density at radius 2 is 1.31 bits per heavy atom. The van der Waals surface area contributed by atoms with E-state index in [1.165, 1.54) is 35.0 Å². The van der Waals surface area contributed by atoms with E-state index in [4.69, 9.17) is 0 Å². The van der Waals surface area contributed by atoms with E-state index in [1.807, 2.05) is 23.5 Å². The molecule has 2 rings (SSSR count). The Morgan fingerprint density at radius 1 is 0.938 bits per heavy atom. The zero-order valence-corrected chi connectivity index (χ0v) is 12.1. The Bertz CT molecular complexity index is 246. The second kappa shape index (κ2) is 6.61. The number of carbonyl (C=O) groups excluding carboxylic acids is 2. The topological polar surface area (TPSA) is 34.1 Å². The van der Waals surface area contributed by atoms with Gasteiger partial charge in [-0.1, -0.05) is 23.5 Å². The lowest BCUT2D eigenvalue weighted by molar-refractivity contribution is -0.115. The molecule has 2 aliphatic rings. The molecule has 0 bridgehead atoms. The molecule has 90 valence electrons. The van der Waals surface area contributed by atoms with Gasteiger partial charge < -0.3 is 0 Å². The number of hydrogen-bond donors (Lipinski definition) is 0. The summed E-state index contributed by atoms with van der Waals surface area (Å²) in [7, 11) is 0. The van der Waals surface area contributed by atoms with E-state index in [0.717, 1.165) is 11.5 Å². The van der Waals surface area contributed by atoms with Crippen molar-refractivity contribution in [2.75, 3.05) is 23.0 Å². The number of rotatable bonds is 7. The zero-order valence-electron chi connectivity index (χ0n) is 8.85. The van der Waals surface area contributed by atoms with E-state index < -0.39 is 0 Å². The monoisotopic (exact) mass is 294 g/mol.